The van der Waals surface area contributed by atoms with E-state index in [1.165, 1.54) is 6.08 Å². The topological polar surface area (TPSA) is 319 Å². The van der Waals surface area contributed by atoms with Crippen molar-refractivity contribution in [2.75, 3.05) is 47.4 Å². The van der Waals surface area contributed by atoms with Crippen LogP contribution in [0.4, 0.5) is 0 Å². The second kappa shape index (κ2) is 39.2. The number of carbonyl (C=O) groups is 9. The molecule has 466 valence electrons. The van der Waals surface area contributed by atoms with Crippen molar-refractivity contribution in [1.82, 2.24) is 58.5 Å². The van der Waals surface area contributed by atoms with Crippen molar-refractivity contribution >= 4 is 70.3 Å². The molecule has 4 aromatic carbocycles. The van der Waals surface area contributed by atoms with Crippen LogP contribution in [-0.2, 0) is 67.2 Å². The van der Waals surface area contributed by atoms with E-state index in [2.05, 4.69) is 65.1 Å². The number of aryl methyl sites for hydroxylation is 1. The molecule has 0 spiro atoms. The third-order valence-corrected chi connectivity index (χ3v) is 14.4. The molecule has 0 saturated carbocycles. The molecular weight excluding hydrogens is 1100 g/mol. The lowest BCUT2D eigenvalue weighted by molar-refractivity contribution is -0.143. The van der Waals surface area contributed by atoms with Crippen LogP contribution in [0.15, 0.2) is 110 Å². The first-order valence-corrected chi connectivity index (χ1v) is 29.7. The zero-order valence-electron chi connectivity index (χ0n) is 50.5. The summed E-state index contributed by atoms with van der Waals surface area (Å²) < 4.78 is 5.08. The highest BCUT2D eigenvalue weighted by molar-refractivity contribution is 5.97. The Balaban J connectivity index is 1.64. The molecule has 0 saturated heterocycles. The van der Waals surface area contributed by atoms with Gasteiger partial charge in [0.05, 0.1) is 18.6 Å². The number of rotatable bonds is 40. The van der Waals surface area contributed by atoms with Gasteiger partial charge in [-0.05, 0) is 106 Å². The Labute approximate surface area is 505 Å². The normalized spacial score (nSPS) is 13.4. The highest BCUT2D eigenvalue weighted by atomic mass is 16.5. The number of hydrogen-bond acceptors (Lipinski definition) is 13. The summed E-state index contributed by atoms with van der Waals surface area (Å²) >= 11 is 0. The molecule has 0 aromatic heterocycles. The van der Waals surface area contributed by atoms with E-state index in [0.717, 1.165) is 40.3 Å². The number of nitrogens with one attached hydrogen (secondary N) is 12. The number of unbranched alkanes of at least 4 members (excludes halogenated alkanes) is 3. The molecule has 12 N–H and O–H groups in total. The van der Waals surface area contributed by atoms with Crippen LogP contribution < -0.4 is 58.5 Å². The standard InChI is InChI=1S/C64H90N12O10/c1-7-9-11-23-49(42-77)71-59(81)52(32-33-57(79)86-36-8-2)72-56(78)41-70-58(80)54(40-46-30-31-47-21-14-15-22-48(47)37-46)75-61(83)51(25-18-35-69-64(65)68-6)73-60(82)50(24-16-17-34-66-4)74-63(85)55(39-45-28-26-43(3)27-29-45)76-62(84)53(67-5)38-44-19-12-10-13-20-44/h8,10,12-15,19-22,26-31,37,42,49-55,66-67H,2,7,9,11,16-18,23-25,32-36,38-41H2,1,3-6H3,(H,70,80)(H,71,81)(H,72,78)(H,73,82)(H,74,85)(H,75,83)(H,76,84)(H3,65,68,69)/t49-,50-,51+,52-,53-,54-,55-/m0/s1. The zero-order chi connectivity index (χ0) is 62.6. The molecule has 4 aromatic rings. The molecule has 0 bridgehead atoms. The highest BCUT2D eigenvalue weighted by Crippen LogP contribution is 2.18. The molecule has 86 heavy (non-hydrogen) atoms. The van der Waals surface area contributed by atoms with Gasteiger partial charge in [0.1, 0.15) is 43.1 Å². The molecule has 0 radical (unpaired) electrons. The molecule has 0 fully saturated rings. The monoisotopic (exact) mass is 1190 g/mol. The van der Waals surface area contributed by atoms with Crippen LogP contribution in [0.1, 0.15) is 99.8 Å². The van der Waals surface area contributed by atoms with Gasteiger partial charge in [-0.15, -0.1) is 0 Å². The van der Waals surface area contributed by atoms with Gasteiger partial charge >= 0.3 is 5.97 Å². The average Bonchev–Trinajstić information content (AvgIpc) is 2.40. The van der Waals surface area contributed by atoms with Crippen molar-refractivity contribution < 1.29 is 47.9 Å². The van der Waals surface area contributed by atoms with Crippen LogP contribution in [-0.4, -0.2) is 149 Å². The van der Waals surface area contributed by atoms with E-state index >= 15 is 0 Å². The van der Waals surface area contributed by atoms with E-state index in [4.69, 9.17) is 10.1 Å². The third kappa shape index (κ3) is 25.8. The predicted octanol–water partition coefficient (Wildman–Crippen LogP) is 2.99. The first-order valence-electron chi connectivity index (χ1n) is 29.7. The lowest BCUT2D eigenvalue weighted by atomic mass is 10.00. The molecule has 0 aliphatic carbocycles. The SMILES string of the molecule is C=CCOC(=O)CC[C@H](NC(=O)CNC(=O)[C@H](Cc1ccc2ccccc2c1)NC(=O)[C@@H](CCCNC(=N)NC)NC(=O)[C@H](CCCCNC)NC(=O)[C@H](Cc1ccc(C)cc1)NC(=O)[C@H](Cc1ccccc1)NC)C(=O)N[C@H](C=O)CCCCC. The Morgan fingerprint density at radius 2 is 1.09 bits per heavy atom. The number of hydrogen-bond donors (Lipinski definition) is 12. The maximum atomic E-state index is 14.8. The average molecular weight is 1190 g/mol. The molecule has 7 atom stereocenters. The minimum absolute atomic E-state index is 0.00177. The summed E-state index contributed by atoms with van der Waals surface area (Å²) in [6.45, 7) is 7.56. The van der Waals surface area contributed by atoms with Crippen LogP contribution in [0.2, 0.25) is 0 Å². The molecule has 0 aliphatic rings. The number of likely N-dealkylation sites (N-methyl/N-ethyl adjacent to an activating group) is 1. The fourth-order valence-corrected chi connectivity index (χ4v) is 9.40. The summed E-state index contributed by atoms with van der Waals surface area (Å²) in [6.07, 6.45) is 6.17. The van der Waals surface area contributed by atoms with Gasteiger partial charge in [0.15, 0.2) is 5.96 Å². The number of ether oxygens (including phenoxy) is 1. The van der Waals surface area contributed by atoms with Crippen molar-refractivity contribution in [1.29, 1.82) is 5.41 Å². The smallest absolute Gasteiger partial charge is 0.306 e. The summed E-state index contributed by atoms with van der Waals surface area (Å²) in [7, 11) is 5.03. The number of guanidine groups is 1. The van der Waals surface area contributed by atoms with Crippen LogP contribution in [0.3, 0.4) is 0 Å². The van der Waals surface area contributed by atoms with Crippen molar-refractivity contribution in [2.45, 2.75) is 146 Å². The zero-order valence-corrected chi connectivity index (χ0v) is 50.5. The molecule has 7 amide bonds. The molecular formula is C64H90N12O10. The quantitative estimate of drug-likeness (QED) is 0.00762. The van der Waals surface area contributed by atoms with E-state index in [1.54, 1.807) is 27.2 Å². The Morgan fingerprint density at radius 3 is 1.73 bits per heavy atom. The minimum atomic E-state index is -1.35. The highest BCUT2D eigenvalue weighted by Gasteiger charge is 2.33. The van der Waals surface area contributed by atoms with Gasteiger partial charge in [-0.2, -0.15) is 0 Å². The van der Waals surface area contributed by atoms with E-state index in [-0.39, 0.29) is 64.1 Å². The predicted molar refractivity (Wildman–Crippen MR) is 333 cm³/mol. The number of fused-ring (bicyclic) bond motifs is 1. The molecule has 22 heteroatoms. The minimum Gasteiger partial charge on any atom is -0.461 e. The maximum Gasteiger partial charge on any atom is 0.306 e. The molecule has 22 nitrogen and oxygen atoms in total. The molecule has 0 heterocycles. The summed E-state index contributed by atoms with van der Waals surface area (Å²) in [5.74, 6) is -5.46. The van der Waals surface area contributed by atoms with E-state index in [1.807, 2.05) is 105 Å². The Bertz CT molecular complexity index is 2840. The maximum absolute atomic E-state index is 14.8. The fraction of sp³-hybridized carbons (Fsp3) is 0.469. The van der Waals surface area contributed by atoms with Gasteiger partial charge in [0, 0.05) is 32.9 Å². The Morgan fingerprint density at radius 1 is 0.547 bits per heavy atom. The second-order valence-corrected chi connectivity index (χ2v) is 21.2. The Kier molecular flexibility index (Phi) is 31.9. The lowest BCUT2D eigenvalue weighted by Gasteiger charge is -2.27. The number of carbonyl (C=O) groups excluding carboxylic acids is 9. The Hall–Kier alpha value is -8.50. The van der Waals surface area contributed by atoms with E-state index < -0.39 is 96.2 Å². The third-order valence-electron chi connectivity index (χ3n) is 14.4. The van der Waals surface area contributed by atoms with E-state index in [0.29, 0.717) is 50.5 Å². The second-order valence-electron chi connectivity index (χ2n) is 21.2. The van der Waals surface area contributed by atoms with Gasteiger partial charge in [-0.3, -0.25) is 43.8 Å². The first kappa shape index (κ1) is 70.0. The van der Waals surface area contributed by atoms with Crippen molar-refractivity contribution in [3.63, 3.8) is 0 Å². The summed E-state index contributed by atoms with van der Waals surface area (Å²) in [6, 6.07) is 22.3. The number of benzene rings is 4. The van der Waals surface area contributed by atoms with Crippen LogP contribution in [0, 0.1) is 12.3 Å². The van der Waals surface area contributed by atoms with Crippen molar-refractivity contribution in [2.24, 2.45) is 0 Å². The summed E-state index contributed by atoms with van der Waals surface area (Å²) in [5, 5.41) is 40.9. The number of amides is 7. The fourth-order valence-electron chi connectivity index (χ4n) is 9.40. The van der Waals surface area contributed by atoms with Crippen LogP contribution >= 0.6 is 0 Å². The molecule has 0 unspecified atom stereocenters. The van der Waals surface area contributed by atoms with Gasteiger partial charge in [-0.25, -0.2) is 0 Å². The van der Waals surface area contributed by atoms with Crippen molar-refractivity contribution in [3.8, 4) is 0 Å². The largest absolute Gasteiger partial charge is 0.461 e. The first-order chi connectivity index (χ1) is 41.5. The molecule has 0 aliphatic heterocycles. The van der Waals surface area contributed by atoms with Gasteiger partial charge in [0.2, 0.25) is 41.4 Å². The summed E-state index contributed by atoms with van der Waals surface area (Å²) in [5.41, 5.74) is 3.32. The van der Waals surface area contributed by atoms with Gasteiger partial charge in [-0.1, -0.05) is 141 Å². The van der Waals surface area contributed by atoms with E-state index in [9.17, 15) is 43.2 Å². The van der Waals surface area contributed by atoms with Crippen LogP contribution in [0.5, 0.6) is 0 Å². The lowest BCUT2D eigenvalue weighted by Crippen LogP contribution is -2.59. The molecule has 4 rings (SSSR count). The van der Waals surface area contributed by atoms with Crippen LogP contribution in [0.25, 0.3) is 10.8 Å². The number of aldehydes is 1. The number of esters is 1. The summed E-state index contributed by atoms with van der Waals surface area (Å²) in [4.78, 5) is 124. The van der Waals surface area contributed by atoms with Gasteiger partial charge < -0.3 is 68.0 Å². The van der Waals surface area contributed by atoms with Crippen molar-refractivity contribution in [3.05, 3.63) is 132 Å². The van der Waals surface area contributed by atoms with Gasteiger partial charge in [0.25, 0.3) is 0 Å².